The molecule has 2 heterocycles. The van der Waals surface area contributed by atoms with Crippen LogP contribution in [0, 0.1) is 5.41 Å². The number of anilines is 1. The summed E-state index contributed by atoms with van der Waals surface area (Å²) in [6.07, 6.45) is 4.48. The van der Waals surface area contributed by atoms with Crippen LogP contribution in [0.15, 0.2) is 18.2 Å². The number of likely N-dealkylation sites (tertiary alicyclic amines) is 1. The second kappa shape index (κ2) is 7.02. The fourth-order valence-electron chi connectivity index (χ4n) is 4.88. The first-order valence-electron chi connectivity index (χ1n) is 9.60. The van der Waals surface area contributed by atoms with Gasteiger partial charge in [-0.3, -0.25) is 4.79 Å². The molecule has 1 aliphatic carbocycles. The van der Waals surface area contributed by atoms with Crippen molar-refractivity contribution in [1.82, 2.24) is 4.90 Å². The van der Waals surface area contributed by atoms with E-state index in [1.165, 1.54) is 12.8 Å². The number of halogens is 1. The second-order valence-corrected chi connectivity index (χ2v) is 8.27. The van der Waals surface area contributed by atoms with Crippen molar-refractivity contribution in [3.63, 3.8) is 0 Å². The van der Waals surface area contributed by atoms with Crippen molar-refractivity contribution < 1.29 is 14.6 Å². The maximum absolute atomic E-state index is 12.9. The van der Waals surface area contributed by atoms with Crippen LogP contribution in [0.1, 0.15) is 42.5 Å². The molecular weight excluding hydrogens is 352 g/mol. The van der Waals surface area contributed by atoms with Gasteiger partial charge < -0.3 is 19.6 Å². The second-order valence-electron chi connectivity index (χ2n) is 7.86. The average molecular weight is 379 g/mol. The minimum Gasteiger partial charge on any atom is -0.392 e. The molecule has 2 atom stereocenters. The first kappa shape index (κ1) is 18.1. The lowest BCUT2D eigenvalue weighted by molar-refractivity contribution is -0.199. The van der Waals surface area contributed by atoms with Crippen LogP contribution in [0.5, 0.6) is 0 Å². The minimum absolute atomic E-state index is 0.0255. The van der Waals surface area contributed by atoms with Crippen molar-refractivity contribution in [1.29, 1.82) is 0 Å². The van der Waals surface area contributed by atoms with Crippen molar-refractivity contribution in [2.75, 3.05) is 38.2 Å². The summed E-state index contributed by atoms with van der Waals surface area (Å²) in [7, 11) is 1.71. The van der Waals surface area contributed by atoms with E-state index in [0.29, 0.717) is 30.1 Å². The number of rotatable bonds is 3. The number of hydrogen-bond donors (Lipinski definition) is 1. The van der Waals surface area contributed by atoms with Gasteiger partial charge in [0.2, 0.25) is 0 Å². The van der Waals surface area contributed by atoms with Crippen LogP contribution in [0.25, 0.3) is 0 Å². The van der Waals surface area contributed by atoms with E-state index in [4.69, 9.17) is 16.3 Å². The zero-order valence-electron chi connectivity index (χ0n) is 15.3. The Morgan fingerprint density at radius 1 is 1.23 bits per heavy atom. The Morgan fingerprint density at radius 3 is 2.50 bits per heavy atom. The molecule has 4 rings (SSSR count). The summed E-state index contributed by atoms with van der Waals surface area (Å²) < 4.78 is 5.52. The molecule has 1 saturated carbocycles. The van der Waals surface area contributed by atoms with E-state index in [2.05, 4.69) is 4.90 Å². The number of piperidine rings is 1. The molecule has 0 radical (unpaired) electrons. The molecule has 1 amide bonds. The van der Waals surface area contributed by atoms with Gasteiger partial charge in [0.25, 0.3) is 5.91 Å². The highest BCUT2D eigenvalue weighted by Crippen LogP contribution is 2.50. The quantitative estimate of drug-likeness (QED) is 0.878. The third-order valence-electron chi connectivity index (χ3n) is 6.65. The number of benzene rings is 1. The standard InChI is InChI=1S/C20H27ClN2O3/c1-26-18-13-17(24)20(18)6-10-23(11-7-20)19(25)14-4-5-16(15(21)12-14)22-8-2-3-9-22/h4-5,12,17-18,24H,2-3,6-11,13H2,1H3. The maximum atomic E-state index is 12.9. The summed E-state index contributed by atoms with van der Waals surface area (Å²) >= 11 is 6.46. The molecule has 0 aromatic heterocycles. The van der Waals surface area contributed by atoms with E-state index in [0.717, 1.165) is 31.6 Å². The zero-order chi connectivity index (χ0) is 18.3. The number of aliphatic hydroxyl groups is 1. The summed E-state index contributed by atoms with van der Waals surface area (Å²) in [5, 5.41) is 10.9. The first-order chi connectivity index (χ1) is 12.5. The summed E-state index contributed by atoms with van der Waals surface area (Å²) in [4.78, 5) is 17.1. The number of methoxy groups -OCH3 is 1. The number of carbonyl (C=O) groups excluding carboxylic acids is 1. The van der Waals surface area contributed by atoms with E-state index in [1.807, 2.05) is 17.0 Å². The average Bonchev–Trinajstić information content (AvgIpc) is 3.19. The normalized spacial score (nSPS) is 27.7. The van der Waals surface area contributed by atoms with Crippen LogP contribution in [-0.2, 0) is 4.74 Å². The summed E-state index contributed by atoms with van der Waals surface area (Å²) in [5.41, 5.74) is 1.51. The molecule has 142 valence electrons. The monoisotopic (exact) mass is 378 g/mol. The Hall–Kier alpha value is -1.30. The summed E-state index contributed by atoms with van der Waals surface area (Å²) in [6, 6.07) is 5.67. The molecule has 1 N–H and O–H groups in total. The van der Waals surface area contributed by atoms with Crippen molar-refractivity contribution in [2.45, 2.75) is 44.3 Å². The summed E-state index contributed by atoms with van der Waals surface area (Å²) in [6.45, 7) is 3.37. The van der Waals surface area contributed by atoms with E-state index in [-0.39, 0.29) is 23.5 Å². The predicted octanol–water partition coefficient (Wildman–Crippen LogP) is 2.94. The molecule has 1 aromatic carbocycles. The molecule has 2 unspecified atom stereocenters. The van der Waals surface area contributed by atoms with E-state index < -0.39 is 0 Å². The van der Waals surface area contributed by atoms with Gasteiger partial charge >= 0.3 is 0 Å². The van der Waals surface area contributed by atoms with Crippen LogP contribution in [0.2, 0.25) is 5.02 Å². The highest BCUT2D eigenvalue weighted by molar-refractivity contribution is 6.33. The molecule has 3 aliphatic rings. The molecule has 2 saturated heterocycles. The Bertz CT molecular complexity index is 682. The van der Waals surface area contributed by atoms with Gasteiger partial charge in [0.05, 0.1) is 22.9 Å². The Kier molecular flexibility index (Phi) is 4.88. The Balaban J connectivity index is 1.43. The topological polar surface area (TPSA) is 53.0 Å². The van der Waals surface area contributed by atoms with Crippen LogP contribution >= 0.6 is 11.6 Å². The van der Waals surface area contributed by atoms with Crippen LogP contribution in [0.4, 0.5) is 5.69 Å². The smallest absolute Gasteiger partial charge is 0.253 e. The SMILES string of the molecule is COC1CC(O)C12CCN(C(=O)c1ccc(N3CCCC3)c(Cl)c1)CC2. The summed E-state index contributed by atoms with van der Waals surface area (Å²) in [5.74, 6) is 0.0255. The lowest BCUT2D eigenvalue weighted by atomic mass is 9.58. The molecule has 1 spiro atoms. The third-order valence-corrected chi connectivity index (χ3v) is 6.95. The van der Waals surface area contributed by atoms with Gasteiger partial charge in [-0.25, -0.2) is 0 Å². The van der Waals surface area contributed by atoms with Crippen molar-refractivity contribution in [3.05, 3.63) is 28.8 Å². The molecular formula is C20H27ClN2O3. The van der Waals surface area contributed by atoms with Gasteiger partial charge in [-0.2, -0.15) is 0 Å². The van der Waals surface area contributed by atoms with Crippen LogP contribution in [0.3, 0.4) is 0 Å². The van der Waals surface area contributed by atoms with Gasteiger partial charge in [0.1, 0.15) is 0 Å². The molecule has 1 aromatic rings. The number of ether oxygens (including phenoxy) is 1. The van der Waals surface area contributed by atoms with Gasteiger partial charge in [0.15, 0.2) is 0 Å². The molecule has 0 bridgehead atoms. The molecule has 5 nitrogen and oxygen atoms in total. The van der Waals surface area contributed by atoms with Crippen molar-refractivity contribution in [3.8, 4) is 0 Å². The van der Waals surface area contributed by atoms with Crippen molar-refractivity contribution >= 4 is 23.2 Å². The van der Waals surface area contributed by atoms with Gasteiger partial charge in [-0.15, -0.1) is 0 Å². The Labute approximate surface area is 159 Å². The number of amides is 1. The largest absolute Gasteiger partial charge is 0.392 e. The third kappa shape index (κ3) is 2.90. The van der Waals surface area contributed by atoms with Crippen LogP contribution in [-0.4, -0.2) is 61.4 Å². The highest BCUT2D eigenvalue weighted by Gasteiger charge is 2.56. The molecule has 26 heavy (non-hydrogen) atoms. The minimum atomic E-state index is -0.307. The Morgan fingerprint density at radius 2 is 1.92 bits per heavy atom. The lowest BCUT2D eigenvalue weighted by Crippen LogP contribution is -2.62. The molecule has 2 aliphatic heterocycles. The van der Waals surface area contributed by atoms with Gasteiger partial charge in [0, 0.05) is 50.7 Å². The number of nitrogens with zero attached hydrogens (tertiary/aromatic N) is 2. The van der Waals surface area contributed by atoms with Gasteiger partial charge in [-0.05, 0) is 43.9 Å². The maximum Gasteiger partial charge on any atom is 0.253 e. The zero-order valence-corrected chi connectivity index (χ0v) is 16.0. The van der Waals surface area contributed by atoms with Gasteiger partial charge in [-0.1, -0.05) is 11.6 Å². The fraction of sp³-hybridized carbons (Fsp3) is 0.650. The lowest BCUT2D eigenvalue weighted by Gasteiger charge is -2.56. The molecule has 3 fully saturated rings. The van der Waals surface area contributed by atoms with E-state index in [1.54, 1.807) is 13.2 Å². The fourth-order valence-corrected chi connectivity index (χ4v) is 5.18. The number of carbonyl (C=O) groups is 1. The first-order valence-corrected chi connectivity index (χ1v) is 9.97. The van der Waals surface area contributed by atoms with E-state index in [9.17, 15) is 9.90 Å². The molecule has 6 heteroatoms. The number of hydrogen-bond acceptors (Lipinski definition) is 4. The number of aliphatic hydroxyl groups excluding tert-OH is 1. The van der Waals surface area contributed by atoms with E-state index >= 15 is 0 Å². The van der Waals surface area contributed by atoms with Crippen molar-refractivity contribution in [2.24, 2.45) is 5.41 Å². The van der Waals surface area contributed by atoms with Crippen LogP contribution < -0.4 is 4.90 Å². The predicted molar refractivity (Wildman–Crippen MR) is 102 cm³/mol. The highest BCUT2D eigenvalue weighted by atomic mass is 35.5.